The molecule has 132 valence electrons. The van der Waals surface area contributed by atoms with Crippen LogP contribution in [0, 0.1) is 11.3 Å². The van der Waals surface area contributed by atoms with E-state index < -0.39 is 5.54 Å². The summed E-state index contributed by atoms with van der Waals surface area (Å²) >= 11 is 0. The van der Waals surface area contributed by atoms with Gasteiger partial charge in [0.15, 0.2) is 0 Å². The van der Waals surface area contributed by atoms with Crippen LogP contribution in [0.3, 0.4) is 0 Å². The van der Waals surface area contributed by atoms with Gasteiger partial charge in [0.1, 0.15) is 11.6 Å². The molecule has 0 unspecified atom stereocenters. The molecule has 2 bridgehead atoms. The third kappa shape index (κ3) is 2.85. The molecule has 0 saturated carbocycles. The predicted octanol–water partition coefficient (Wildman–Crippen LogP) is 1.06. The van der Waals surface area contributed by atoms with Gasteiger partial charge in [0.2, 0.25) is 0 Å². The number of carbonyl (C=O) groups excluding carboxylic acids is 1. The molecule has 3 saturated heterocycles. The van der Waals surface area contributed by atoms with Crippen molar-refractivity contribution in [2.75, 3.05) is 32.9 Å². The van der Waals surface area contributed by atoms with E-state index in [1.807, 2.05) is 13.8 Å². The summed E-state index contributed by atoms with van der Waals surface area (Å²) in [4.78, 5) is 17.1. The van der Waals surface area contributed by atoms with Crippen molar-refractivity contribution in [1.82, 2.24) is 9.80 Å². The number of amides is 1. The molecule has 3 rings (SSSR count). The van der Waals surface area contributed by atoms with Crippen molar-refractivity contribution >= 4 is 5.91 Å². The molecule has 0 radical (unpaired) electrons. The average Bonchev–Trinajstić information content (AvgIpc) is 3.16. The van der Waals surface area contributed by atoms with Crippen molar-refractivity contribution < 1.29 is 14.6 Å². The molecular formula is C18H27N3O3. The first-order chi connectivity index (χ1) is 11.4. The number of hydrogen-bond acceptors (Lipinski definition) is 5. The van der Waals surface area contributed by atoms with E-state index in [4.69, 9.17) is 4.74 Å². The third-order valence-corrected chi connectivity index (χ3v) is 5.95. The second-order valence-electron chi connectivity index (χ2n) is 7.71. The fraction of sp³-hybridized carbons (Fsp3) is 0.778. The van der Waals surface area contributed by atoms with E-state index >= 15 is 0 Å². The van der Waals surface area contributed by atoms with Crippen molar-refractivity contribution in [2.24, 2.45) is 0 Å². The van der Waals surface area contributed by atoms with Crippen LogP contribution in [0.25, 0.3) is 0 Å². The number of fused-ring (bicyclic) bond motifs is 2. The van der Waals surface area contributed by atoms with Gasteiger partial charge in [-0.25, -0.2) is 0 Å². The van der Waals surface area contributed by atoms with Gasteiger partial charge in [-0.3, -0.25) is 9.69 Å². The van der Waals surface area contributed by atoms with Crippen LogP contribution in [0.15, 0.2) is 11.6 Å². The van der Waals surface area contributed by atoms with Crippen molar-refractivity contribution in [3.8, 4) is 6.07 Å². The summed E-state index contributed by atoms with van der Waals surface area (Å²) in [5, 5.41) is 19.4. The van der Waals surface area contributed by atoms with Crippen LogP contribution in [-0.2, 0) is 9.53 Å². The van der Waals surface area contributed by atoms with E-state index in [-0.39, 0.29) is 29.7 Å². The van der Waals surface area contributed by atoms with Gasteiger partial charge in [0, 0.05) is 24.7 Å². The first kappa shape index (κ1) is 17.4. The highest BCUT2D eigenvalue weighted by Gasteiger charge is 2.54. The SMILES string of the molecule is CC(C)(C=C(C#N)C(=O)N1C2CCC1(CO)CC2)N1CCOCC1. The zero-order valence-electron chi connectivity index (χ0n) is 14.6. The lowest BCUT2D eigenvalue weighted by molar-refractivity contribution is -0.132. The first-order valence-corrected chi connectivity index (χ1v) is 8.84. The molecule has 6 heteroatoms. The van der Waals surface area contributed by atoms with E-state index in [1.165, 1.54) is 0 Å². The molecule has 6 nitrogen and oxygen atoms in total. The minimum Gasteiger partial charge on any atom is -0.394 e. The van der Waals surface area contributed by atoms with Gasteiger partial charge in [0.25, 0.3) is 5.91 Å². The molecular weight excluding hydrogens is 306 g/mol. The molecule has 3 aliphatic heterocycles. The van der Waals surface area contributed by atoms with Gasteiger partial charge in [-0.15, -0.1) is 0 Å². The normalized spacial score (nSPS) is 31.3. The zero-order valence-corrected chi connectivity index (χ0v) is 14.6. The Morgan fingerprint density at radius 1 is 1.38 bits per heavy atom. The Kier molecular flexibility index (Phi) is 4.69. The Morgan fingerprint density at radius 3 is 2.54 bits per heavy atom. The van der Waals surface area contributed by atoms with Crippen molar-refractivity contribution in [1.29, 1.82) is 5.26 Å². The Bertz CT molecular complexity index is 565. The standard InChI is InChI=1S/C18H27N3O3/c1-17(2,20-7-9-24-10-8-20)11-14(12-19)16(23)21-15-3-5-18(21,13-22)6-4-15/h11,15,22H,3-10,13H2,1-2H3. The van der Waals surface area contributed by atoms with Crippen LogP contribution in [0.4, 0.5) is 0 Å². The molecule has 0 aromatic carbocycles. The number of rotatable bonds is 4. The number of nitriles is 1. The Hall–Kier alpha value is -1.42. The number of ether oxygens (including phenoxy) is 1. The van der Waals surface area contributed by atoms with Crippen LogP contribution in [0.1, 0.15) is 39.5 Å². The van der Waals surface area contributed by atoms with Crippen LogP contribution in [-0.4, -0.2) is 70.8 Å². The minimum absolute atomic E-state index is 0.0131. The van der Waals surface area contributed by atoms with E-state index in [2.05, 4.69) is 11.0 Å². The van der Waals surface area contributed by atoms with Crippen molar-refractivity contribution in [3.05, 3.63) is 11.6 Å². The number of morpholine rings is 1. The zero-order chi connectivity index (χ0) is 17.4. The molecule has 0 aromatic rings. The van der Waals surface area contributed by atoms with Crippen LogP contribution in [0.2, 0.25) is 0 Å². The van der Waals surface area contributed by atoms with Crippen LogP contribution >= 0.6 is 0 Å². The molecule has 3 heterocycles. The molecule has 0 spiro atoms. The third-order valence-electron chi connectivity index (χ3n) is 5.95. The average molecular weight is 333 g/mol. The Labute approximate surface area is 143 Å². The molecule has 24 heavy (non-hydrogen) atoms. The topological polar surface area (TPSA) is 76.8 Å². The summed E-state index contributed by atoms with van der Waals surface area (Å²) in [6.07, 6.45) is 5.33. The minimum atomic E-state index is -0.444. The van der Waals surface area contributed by atoms with Crippen LogP contribution in [0.5, 0.6) is 0 Å². The second-order valence-corrected chi connectivity index (χ2v) is 7.71. The summed E-state index contributed by atoms with van der Waals surface area (Å²) in [5.41, 5.74) is -0.630. The fourth-order valence-corrected chi connectivity index (χ4v) is 4.50. The quantitative estimate of drug-likeness (QED) is 0.615. The smallest absolute Gasteiger partial charge is 0.265 e. The number of carbonyl (C=O) groups is 1. The number of nitrogens with zero attached hydrogens (tertiary/aromatic N) is 3. The molecule has 0 aromatic heterocycles. The van der Waals surface area contributed by atoms with E-state index in [9.17, 15) is 15.2 Å². The lowest BCUT2D eigenvalue weighted by atomic mass is 9.88. The highest BCUT2D eigenvalue weighted by atomic mass is 16.5. The monoisotopic (exact) mass is 333 g/mol. The van der Waals surface area contributed by atoms with Gasteiger partial charge in [-0.2, -0.15) is 5.26 Å². The second kappa shape index (κ2) is 6.47. The maximum absolute atomic E-state index is 13.0. The van der Waals surface area contributed by atoms with Crippen molar-refractivity contribution in [3.63, 3.8) is 0 Å². The van der Waals surface area contributed by atoms with E-state index in [0.29, 0.717) is 13.2 Å². The number of aliphatic hydroxyl groups excluding tert-OH is 1. The molecule has 0 atom stereocenters. The van der Waals surface area contributed by atoms with E-state index in [1.54, 1.807) is 11.0 Å². The highest BCUT2D eigenvalue weighted by molar-refractivity contribution is 5.98. The molecule has 3 fully saturated rings. The highest BCUT2D eigenvalue weighted by Crippen LogP contribution is 2.46. The summed E-state index contributed by atoms with van der Waals surface area (Å²) < 4.78 is 5.39. The summed E-state index contributed by atoms with van der Waals surface area (Å²) in [5.74, 6) is -0.215. The van der Waals surface area contributed by atoms with Crippen molar-refractivity contribution in [2.45, 2.75) is 56.7 Å². The first-order valence-electron chi connectivity index (χ1n) is 8.84. The summed E-state index contributed by atoms with van der Waals surface area (Å²) in [7, 11) is 0. The fourth-order valence-electron chi connectivity index (χ4n) is 4.50. The maximum atomic E-state index is 13.0. The lowest BCUT2D eigenvalue weighted by Gasteiger charge is -2.39. The molecule has 1 amide bonds. The molecule has 3 aliphatic rings. The summed E-state index contributed by atoms with van der Waals surface area (Å²) in [6.45, 7) is 6.99. The number of aliphatic hydroxyl groups is 1. The summed E-state index contributed by atoms with van der Waals surface area (Å²) in [6, 6.07) is 2.29. The number of hydrogen-bond donors (Lipinski definition) is 1. The van der Waals surface area contributed by atoms with Gasteiger partial charge in [0.05, 0.1) is 25.4 Å². The van der Waals surface area contributed by atoms with Gasteiger partial charge in [-0.1, -0.05) is 0 Å². The predicted molar refractivity (Wildman–Crippen MR) is 89.1 cm³/mol. The van der Waals surface area contributed by atoms with E-state index in [0.717, 1.165) is 38.8 Å². The maximum Gasteiger partial charge on any atom is 0.265 e. The molecule has 0 aliphatic carbocycles. The van der Waals surface area contributed by atoms with Crippen LogP contribution < -0.4 is 0 Å². The Morgan fingerprint density at radius 2 is 2.00 bits per heavy atom. The van der Waals surface area contributed by atoms with Gasteiger partial charge >= 0.3 is 0 Å². The molecule has 1 N–H and O–H groups in total. The van der Waals surface area contributed by atoms with Gasteiger partial charge < -0.3 is 14.7 Å². The lowest BCUT2D eigenvalue weighted by Crippen LogP contribution is -2.50. The largest absolute Gasteiger partial charge is 0.394 e. The Balaban J connectivity index is 1.83. The van der Waals surface area contributed by atoms with Gasteiger partial charge in [-0.05, 0) is 45.6 Å².